The maximum Gasteiger partial charge on any atom is 0.417 e. The van der Waals surface area contributed by atoms with Crippen LogP contribution in [0.25, 0.3) is 11.1 Å². The molecule has 2 N–H and O–H groups in total. The van der Waals surface area contributed by atoms with Crippen LogP contribution in [-0.4, -0.2) is 17.7 Å². The smallest absolute Gasteiger partial charge is 0.330 e. The Morgan fingerprint density at radius 2 is 1.93 bits per heavy atom. The van der Waals surface area contributed by atoms with E-state index in [2.05, 4.69) is 15.0 Å². The summed E-state index contributed by atoms with van der Waals surface area (Å²) in [5.41, 5.74) is 1.12. The summed E-state index contributed by atoms with van der Waals surface area (Å²) in [7, 11) is 0. The van der Waals surface area contributed by atoms with Crippen molar-refractivity contribution >= 4 is 40.3 Å². The van der Waals surface area contributed by atoms with E-state index in [0.29, 0.717) is 11.1 Å². The Kier molecular flexibility index (Phi) is 7.05. The molecule has 142 valence electrons. The summed E-state index contributed by atoms with van der Waals surface area (Å²) >= 11 is 2.50. The molecule has 0 radical (unpaired) electrons. The number of thioether (sulfide) groups is 1. The molecular formula is C18H17F3N4S2. The first kappa shape index (κ1) is 21.0. The topological polar surface area (TPSA) is 60.2 Å². The molecule has 2 rings (SSSR count). The number of hydrogen-bond acceptors (Lipinski definition) is 5. The van der Waals surface area contributed by atoms with Crippen LogP contribution in [0.15, 0.2) is 41.4 Å². The van der Waals surface area contributed by atoms with E-state index in [0.717, 1.165) is 23.5 Å². The number of amidine groups is 1. The largest absolute Gasteiger partial charge is 0.417 e. The number of nitriles is 1. The average molecular weight is 410 g/mol. The van der Waals surface area contributed by atoms with Gasteiger partial charge in [0.1, 0.15) is 0 Å². The summed E-state index contributed by atoms with van der Waals surface area (Å²) in [6.45, 7) is 1.62. The van der Waals surface area contributed by atoms with E-state index in [1.807, 2.05) is 6.26 Å². The number of nitrogens with one attached hydrogen (secondary N) is 2. The van der Waals surface area contributed by atoms with Crippen LogP contribution in [-0.2, 0) is 6.18 Å². The van der Waals surface area contributed by atoms with Gasteiger partial charge in [-0.25, -0.2) is 4.99 Å². The van der Waals surface area contributed by atoms with Crippen molar-refractivity contribution in [2.45, 2.75) is 13.1 Å². The van der Waals surface area contributed by atoms with E-state index in [1.54, 1.807) is 49.7 Å². The van der Waals surface area contributed by atoms with Gasteiger partial charge < -0.3 is 4.72 Å². The van der Waals surface area contributed by atoms with E-state index < -0.39 is 11.7 Å². The molecule has 0 fully saturated rings. The van der Waals surface area contributed by atoms with Crippen LogP contribution >= 0.6 is 23.7 Å². The van der Waals surface area contributed by atoms with E-state index in [9.17, 15) is 13.2 Å². The van der Waals surface area contributed by atoms with Gasteiger partial charge in [0.25, 0.3) is 0 Å². The molecule has 0 aliphatic rings. The number of benzene rings is 2. The molecule has 0 saturated heterocycles. The van der Waals surface area contributed by atoms with Gasteiger partial charge in [0, 0.05) is 11.9 Å². The Hall–Kier alpha value is -2.31. The molecule has 2 aromatic carbocycles. The van der Waals surface area contributed by atoms with Crippen molar-refractivity contribution < 1.29 is 13.2 Å². The molecule has 0 aliphatic heterocycles. The molecule has 0 atom stereocenters. The first-order valence-electron chi connectivity index (χ1n) is 7.69. The van der Waals surface area contributed by atoms with E-state index >= 15 is 0 Å². The van der Waals surface area contributed by atoms with Gasteiger partial charge in [-0.05, 0) is 54.1 Å². The van der Waals surface area contributed by atoms with E-state index in [4.69, 9.17) is 5.26 Å². The van der Waals surface area contributed by atoms with Crippen molar-refractivity contribution in [1.82, 2.24) is 5.32 Å². The van der Waals surface area contributed by atoms with Crippen LogP contribution in [0.3, 0.4) is 0 Å². The first-order valence-corrected chi connectivity index (χ1v) is 10.1. The minimum absolute atomic E-state index is 0.116. The number of alkyl halides is 3. The Morgan fingerprint density at radius 3 is 2.52 bits per heavy atom. The second-order valence-corrected chi connectivity index (χ2v) is 6.84. The molecule has 4 nitrogen and oxygen atoms in total. The number of halogens is 3. The Morgan fingerprint density at radius 1 is 1.19 bits per heavy atom. The predicted molar refractivity (Wildman–Crippen MR) is 108 cm³/mol. The highest BCUT2D eigenvalue weighted by molar-refractivity contribution is 8.13. The summed E-state index contributed by atoms with van der Waals surface area (Å²) < 4.78 is 44.3. The Labute approximate surface area is 164 Å². The minimum atomic E-state index is -4.54. The molecule has 0 unspecified atom stereocenters. The van der Waals surface area contributed by atoms with Crippen molar-refractivity contribution in [1.29, 1.82) is 5.26 Å². The van der Waals surface area contributed by atoms with Crippen LogP contribution in [0, 0.1) is 18.4 Å². The molecule has 0 amide bonds. The molecule has 0 bridgehead atoms. The summed E-state index contributed by atoms with van der Waals surface area (Å²) in [6, 6.07) is 9.42. The average Bonchev–Trinajstić information content (AvgIpc) is 2.60. The van der Waals surface area contributed by atoms with Crippen LogP contribution < -0.4 is 10.0 Å². The number of rotatable bonds is 4. The van der Waals surface area contributed by atoms with Gasteiger partial charge >= 0.3 is 6.18 Å². The van der Waals surface area contributed by atoms with Crippen molar-refractivity contribution in [2.24, 2.45) is 4.99 Å². The van der Waals surface area contributed by atoms with Gasteiger partial charge in [-0.15, -0.1) is 0 Å². The quantitative estimate of drug-likeness (QED) is 0.220. The zero-order chi connectivity index (χ0) is 20.0. The lowest BCUT2D eigenvalue weighted by Gasteiger charge is -2.17. The lowest BCUT2D eigenvalue weighted by atomic mass is 9.93. The Balaban J connectivity index is 2.65. The third-order valence-corrected chi connectivity index (χ3v) is 4.60. The number of hydrogen-bond donors (Lipinski definition) is 2. The predicted octanol–water partition coefficient (Wildman–Crippen LogP) is 5.79. The van der Waals surface area contributed by atoms with E-state index in [-0.39, 0.29) is 16.4 Å². The maximum absolute atomic E-state index is 13.8. The second kappa shape index (κ2) is 9.06. The highest BCUT2D eigenvalue weighted by atomic mass is 32.2. The lowest BCUT2D eigenvalue weighted by molar-refractivity contribution is -0.137. The van der Waals surface area contributed by atoms with Gasteiger partial charge in [0.2, 0.25) is 0 Å². The third-order valence-electron chi connectivity index (χ3n) is 3.58. The van der Waals surface area contributed by atoms with Crippen LogP contribution in [0.1, 0.15) is 11.1 Å². The molecule has 0 spiro atoms. The van der Waals surface area contributed by atoms with Gasteiger partial charge in [-0.3, -0.25) is 5.32 Å². The molecule has 0 aromatic heterocycles. The SMILES string of the molecule is CSNc1cccc(-c2c(C)cc(N=C(NC#N)SC)cc2C(F)(F)F)c1. The molecule has 0 heterocycles. The van der Waals surface area contributed by atoms with Gasteiger partial charge in [0.15, 0.2) is 11.4 Å². The fourth-order valence-electron chi connectivity index (χ4n) is 2.59. The van der Waals surface area contributed by atoms with Gasteiger partial charge in [-0.2, -0.15) is 18.4 Å². The number of anilines is 1. The molecule has 9 heteroatoms. The fraction of sp³-hybridized carbons (Fsp3) is 0.222. The summed E-state index contributed by atoms with van der Waals surface area (Å²) in [4.78, 5) is 4.11. The zero-order valence-electron chi connectivity index (χ0n) is 14.8. The van der Waals surface area contributed by atoms with Crippen molar-refractivity contribution in [3.8, 4) is 17.3 Å². The van der Waals surface area contributed by atoms with Crippen LogP contribution in [0.2, 0.25) is 0 Å². The van der Waals surface area contributed by atoms with Gasteiger partial charge in [-0.1, -0.05) is 35.8 Å². The summed E-state index contributed by atoms with van der Waals surface area (Å²) in [6.07, 6.45) is 0.694. The summed E-state index contributed by atoms with van der Waals surface area (Å²) in [5.74, 6) is 0. The molecule has 0 aliphatic carbocycles. The maximum atomic E-state index is 13.8. The van der Waals surface area contributed by atoms with Crippen molar-refractivity contribution in [3.05, 3.63) is 47.5 Å². The summed E-state index contributed by atoms with van der Waals surface area (Å²) in [5, 5.41) is 11.3. The highest BCUT2D eigenvalue weighted by Gasteiger charge is 2.35. The van der Waals surface area contributed by atoms with Crippen molar-refractivity contribution in [2.75, 3.05) is 17.2 Å². The standard InChI is InChI=1S/C18H17F3N4S2/c1-11-7-14(24-17(26-2)23-10-22)9-15(18(19,20)21)16(11)12-5-4-6-13(8-12)25-27-3/h4-9,25H,1-3H3,(H,23,24). The second-order valence-electron chi connectivity index (χ2n) is 5.43. The molecule has 0 saturated carbocycles. The fourth-order valence-corrected chi connectivity index (χ4v) is 3.29. The molecular weight excluding hydrogens is 393 g/mol. The normalized spacial score (nSPS) is 11.8. The molecule has 2 aromatic rings. The monoisotopic (exact) mass is 410 g/mol. The third kappa shape index (κ3) is 5.34. The number of aliphatic imine (C=N–C) groups is 1. The Bertz CT molecular complexity index is 889. The molecule has 27 heavy (non-hydrogen) atoms. The zero-order valence-corrected chi connectivity index (χ0v) is 16.4. The minimum Gasteiger partial charge on any atom is -0.330 e. The lowest BCUT2D eigenvalue weighted by Crippen LogP contribution is -2.13. The van der Waals surface area contributed by atoms with Crippen molar-refractivity contribution in [3.63, 3.8) is 0 Å². The number of aryl methyl sites for hydroxylation is 1. The van der Waals surface area contributed by atoms with Gasteiger partial charge in [0.05, 0.1) is 11.3 Å². The van der Waals surface area contributed by atoms with Crippen LogP contribution in [0.5, 0.6) is 0 Å². The van der Waals surface area contributed by atoms with E-state index in [1.165, 1.54) is 11.9 Å². The highest BCUT2D eigenvalue weighted by Crippen LogP contribution is 2.42. The van der Waals surface area contributed by atoms with Crippen LogP contribution in [0.4, 0.5) is 24.5 Å². The number of nitrogens with zero attached hydrogens (tertiary/aromatic N) is 2. The first-order chi connectivity index (χ1) is 12.8.